The molecule has 4 heteroatoms. The lowest BCUT2D eigenvalue weighted by Crippen LogP contribution is -2.33. The summed E-state index contributed by atoms with van der Waals surface area (Å²) in [6, 6.07) is 0. The van der Waals surface area contributed by atoms with Gasteiger partial charge in [-0.25, -0.2) is 4.98 Å². The average Bonchev–Trinajstić information content (AvgIpc) is 2.82. The van der Waals surface area contributed by atoms with Gasteiger partial charge in [-0.2, -0.15) is 0 Å². The van der Waals surface area contributed by atoms with E-state index >= 15 is 0 Å². The van der Waals surface area contributed by atoms with Crippen molar-refractivity contribution in [1.29, 1.82) is 0 Å². The number of rotatable bonds is 1. The Labute approximate surface area is 101 Å². The van der Waals surface area contributed by atoms with Crippen LogP contribution in [0.4, 0.5) is 0 Å². The second kappa shape index (κ2) is 4.08. The highest BCUT2D eigenvalue weighted by Gasteiger charge is 2.34. The monoisotopic (exact) mass is 237 g/mol. The van der Waals surface area contributed by atoms with Gasteiger partial charge in [0.1, 0.15) is 0 Å². The first-order chi connectivity index (χ1) is 7.78. The molecular weight excluding hydrogens is 218 g/mol. The summed E-state index contributed by atoms with van der Waals surface area (Å²) in [6.07, 6.45) is 9.50. The molecule has 88 valence electrons. The fourth-order valence-electron chi connectivity index (χ4n) is 2.72. The number of hydrogen-bond donors (Lipinski definition) is 1. The minimum atomic E-state index is -0.125. The third-order valence-corrected chi connectivity index (χ3v) is 4.85. The first-order valence-corrected chi connectivity index (χ1v) is 7.26. The maximum absolute atomic E-state index is 6.45. The molecule has 1 aromatic rings. The van der Waals surface area contributed by atoms with Crippen molar-refractivity contribution in [2.75, 3.05) is 5.75 Å². The summed E-state index contributed by atoms with van der Waals surface area (Å²) >= 11 is 1.88. The Bertz CT molecular complexity index is 356. The predicted molar refractivity (Wildman–Crippen MR) is 66.5 cm³/mol. The molecule has 1 aromatic heterocycles. The number of imidazole rings is 1. The number of aromatic nitrogens is 2. The lowest BCUT2D eigenvalue weighted by atomic mass is 9.96. The molecule has 16 heavy (non-hydrogen) atoms. The Morgan fingerprint density at radius 2 is 2.06 bits per heavy atom. The average molecular weight is 237 g/mol. The van der Waals surface area contributed by atoms with Crippen LogP contribution in [0.2, 0.25) is 0 Å². The Morgan fingerprint density at radius 3 is 2.88 bits per heavy atom. The highest BCUT2D eigenvalue weighted by atomic mass is 32.2. The van der Waals surface area contributed by atoms with Crippen LogP contribution in [0.15, 0.2) is 11.4 Å². The lowest BCUT2D eigenvalue weighted by Gasteiger charge is -2.20. The third-order valence-electron chi connectivity index (χ3n) is 3.77. The predicted octanol–water partition coefficient (Wildman–Crippen LogP) is 2.50. The van der Waals surface area contributed by atoms with Crippen LogP contribution in [0.1, 0.15) is 44.2 Å². The molecule has 2 N–H and O–H groups in total. The molecule has 1 aliphatic carbocycles. The van der Waals surface area contributed by atoms with Crippen molar-refractivity contribution in [2.45, 2.75) is 55.8 Å². The zero-order valence-electron chi connectivity index (χ0n) is 9.61. The molecule has 0 radical (unpaired) electrons. The van der Waals surface area contributed by atoms with E-state index in [2.05, 4.69) is 10.8 Å². The van der Waals surface area contributed by atoms with Crippen LogP contribution >= 0.6 is 11.8 Å². The van der Waals surface area contributed by atoms with Crippen molar-refractivity contribution in [1.82, 2.24) is 9.55 Å². The van der Waals surface area contributed by atoms with Crippen LogP contribution < -0.4 is 5.73 Å². The van der Waals surface area contributed by atoms with E-state index in [1.807, 2.05) is 11.8 Å². The number of nitrogens with zero attached hydrogens (tertiary/aromatic N) is 2. The summed E-state index contributed by atoms with van der Waals surface area (Å²) in [6.45, 7) is 1.12. The van der Waals surface area contributed by atoms with Gasteiger partial charge in [0.2, 0.25) is 0 Å². The summed E-state index contributed by atoms with van der Waals surface area (Å²) in [7, 11) is 0. The quantitative estimate of drug-likeness (QED) is 0.816. The molecule has 0 amide bonds. The van der Waals surface area contributed by atoms with Gasteiger partial charge in [-0.3, -0.25) is 0 Å². The third kappa shape index (κ3) is 1.78. The maximum atomic E-state index is 6.45. The molecule has 3 nitrogen and oxygen atoms in total. The van der Waals surface area contributed by atoms with Crippen molar-refractivity contribution in [3.05, 3.63) is 11.9 Å². The van der Waals surface area contributed by atoms with Gasteiger partial charge in [0, 0.05) is 18.5 Å². The molecule has 3 rings (SSSR count). The van der Waals surface area contributed by atoms with Crippen molar-refractivity contribution >= 4 is 11.8 Å². The molecule has 2 aliphatic rings. The highest BCUT2D eigenvalue weighted by Crippen LogP contribution is 2.37. The Morgan fingerprint density at radius 1 is 1.25 bits per heavy atom. The molecule has 0 saturated heterocycles. The fraction of sp³-hybridized carbons (Fsp3) is 0.750. The number of hydrogen-bond acceptors (Lipinski definition) is 3. The SMILES string of the molecule is NC1(c2cn3c(n2)SCCCC3)CCCC1. The molecule has 1 fully saturated rings. The van der Waals surface area contributed by atoms with E-state index in [0.29, 0.717) is 0 Å². The van der Waals surface area contributed by atoms with Gasteiger partial charge in [0.25, 0.3) is 0 Å². The van der Waals surface area contributed by atoms with E-state index in [0.717, 1.165) is 25.1 Å². The molecule has 0 spiro atoms. The number of thioether (sulfide) groups is 1. The summed E-state index contributed by atoms with van der Waals surface area (Å²) < 4.78 is 2.31. The fourth-order valence-corrected chi connectivity index (χ4v) is 3.73. The van der Waals surface area contributed by atoms with Gasteiger partial charge in [-0.1, -0.05) is 24.6 Å². The van der Waals surface area contributed by atoms with Gasteiger partial charge >= 0.3 is 0 Å². The van der Waals surface area contributed by atoms with Crippen LogP contribution in [-0.4, -0.2) is 15.3 Å². The number of fused-ring (bicyclic) bond motifs is 1. The van der Waals surface area contributed by atoms with E-state index < -0.39 is 0 Å². The molecule has 1 saturated carbocycles. The minimum Gasteiger partial charge on any atom is -0.326 e. The largest absolute Gasteiger partial charge is 0.326 e. The van der Waals surface area contributed by atoms with Gasteiger partial charge in [0.05, 0.1) is 11.2 Å². The zero-order valence-corrected chi connectivity index (χ0v) is 10.4. The van der Waals surface area contributed by atoms with Crippen molar-refractivity contribution in [3.8, 4) is 0 Å². The highest BCUT2D eigenvalue weighted by molar-refractivity contribution is 7.99. The topological polar surface area (TPSA) is 43.8 Å². The lowest BCUT2D eigenvalue weighted by molar-refractivity contribution is 0.447. The molecule has 0 aromatic carbocycles. The van der Waals surface area contributed by atoms with E-state index in [1.165, 1.54) is 36.6 Å². The standard InChI is InChI=1S/C12H19N3S/c13-12(5-1-2-6-12)10-9-15-7-3-4-8-16-11(15)14-10/h9H,1-8,13H2. The summed E-state index contributed by atoms with van der Waals surface area (Å²) in [5, 5.41) is 1.18. The molecular formula is C12H19N3S. The van der Waals surface area contributed by atoms with Crippen molar-refractivity contribution < 1.29 is 0 Å². The molecule has 2 heterocycles. The number of aryl methyl sites for hydroxylation is 1. The van der Waals surface area contributed by atoms with Crippen LogP contribution in [0.3, 0.4) is 0 Å². The molecule has 0 atom stereocenters. The van der Waals surface area contributed by atoms with E-state index in [-0.39, 0.29) is 5.54 Å². The Balaban J connectivity index is 1.91. The normalized spacial score (nSPS) is 24.1. The van der Waals surface area contributed by atoms with Gasteiger partial charge in [-0.05, 0) is 25.7 Å². The maximum Gasteiger partial charge on any atom is 0.168 e. The summed E-state index contributed by atoms with van der Waals surface area (Å²) in [5.74, 6) is 1.20. The molecule has 0 unspecified atom stereocenters. The minimum absolute atomic E-state index is 0.125. The zero-order chi connectivity index (χ0) is 11.0. The van der Waals surface area contributed by atoms with Crippen LogP contribution in [-0.2, 0) is 12.1 Å². The van der Waals surface area contributed by atoms with E-state index in [4.69, 9.17) is 10.7 Å². The first-order valence-electron chi connectivity index (χ1n) is 6.27. The van der Waals surface area contributed by atoms with Crippen molar-refractivity contribution in [2.24, 2.45) is 5.73 Å². The molecule has 1 aliphatic heterocycles. The first kappa shape index (κ1) is 10.7. The summed E-state index contributed by atoms with van der Waals surface area (Å²) in [4.78, 5) is 4.77. The van der Waals surface area contributed by atoms with Gasteiger partial charge in [-0.15, -0.1) is 0 Å². The van der Waals surface area contributed by atoms with Crippen LogP contribution in [0.25, 0.3) is 0 Å². The number of nitrogens with two attached hydrogens (primary N) is 1. The van der Waals surface area contributed by atoms with Crippen molar-refractivity contribution in [3.63, 3.8) is 0 Å². The Kier molecular flexibility index (Phi) is 2.72. The molecule has 0 bridgehead atoms. The van der Waals surface area contributed by atoms with E-state index in [1.54, 1.807) is 0 Å². The van der Waals surface area contributed by atoms with E-state index in [9.17, 15) is 0 Å². The van der Waals surface area contributed by atoms with Crippen LogP contribution in [0, 0.1) is 0 Å². The van der Waals surface area contributed by atoms with Crippen LogP contribution in [0.5, 0.6) is 0 Å². The summed E-state index contributed by atoms with van der Waals surface area (Å²) in [5.41, 5.74) is 7.45. The Hall–Kier alpha value is -0.480. The second-order valence-corrected chi connectivity index (χ2v) is 6.08. The van der Waals surface area contributed by atoms with Gasteiger partial charge in [0.15, 0.2) is 5.16 Å². The second-order valence-electron chi connectivity index (χ2n) is 5.02. The van der Waals surface area contributed by atoms with Gasteiger partial charge < -0.3 is 10.3 Å². The smallest absolute Gasteiger partial charge is 0.168 e.